The van der Waals surface area contributed by atoms with Crippen molar-refractivity contribution in [1.82, 2.24) is 10.2 Å². The summed E-state index contributed by atoms with van der Waals surface area (Å²) < 4.78 is 0. The molecule has 2 saturated heterocycles. The van der Waals surface area contributed by atoms with Crippen LogP contribution in [0.1, 0.15) is 0 Å². The highest BCUT2D eigenvalue weighted by Crippen LogP contribution is 2.42. The molecule has 2 rings (SSSR count). The van der Waals surface area contributed by atoms with Gasteiger partial charge in [0.25, 0.3) is 0 Å². The average molecular weight is 144 g/mol. The first-order chi connectivity index (χ1) is 4.27. The number of amides is 1. The minimum atomic E-state index is 0.156. The number of piperazine rings is 1. The van der Waals surface area contributed by atoms with Gasteiger partial charge in [-0.3, -0.25) is 9.69 Å². The van der Waals surface area contributed by atoms with E-state index < -0.39 is 0 Å². The molecule has 0 aromatic heterocycles. The number of nitrogens with one attached hydrogen (secondary N) is 1. The molecule has 2 aliphatic rings. The summed E-state index contributed by atoms with van der Waals surface area (Å²) in [5, 5.41) is 3.84. The molecule has 3 nitrogen and oxygen atoms in total. The fourth-order valence-corrected chi connectivity index (χ4v) is 2.03. The molecule has 0 spiro atoms. The van der Waals surface area contributed by atoms with Crippen molar-refractivity contribution in [3.05, 3.63) is 0 Å². The lowest BCUT2D eigenvalue weighted by Crippen LogP contribution is -2.45. The summed E-state index contributed by atoms with van der Waals surface area (Å²) in [6.45, 7) is 0.564. The Labute approximate surface area is 57.8 Å². The maximum atomic E-state index is 10.7. The zero-order valence-electron chi connectivity index (χ0n) is 5.13. The van der Waals surface area contributed by atoms with Gasteiger partial charge in [0, 0.05) is 0 Å². The molecule has 2 unspecified atom stereocenters. The van der Waals surface area contributed by atoms with Gasteiger partial charge < -0.3 is 5.32 Å². The first kappa shape index (κ1) is 5.56. The molecule has 1 N–H and O–H groups in total. The summed E-state index contributed by atoms with van der Waals surface area (Å²) in [5.74, 6) is 0.156. The second kappa shape index (κ2) is 1.64. The lowest BCUT2D eigenvalue weighted by atomic mass is 10.4. The van der Waals surface area contributed by atoms with Crippen LogP contribution in [0.25, 0.3) is 0 Å². The summed E-state index contributed by atoms with van der Waals surface area (Å²) in [5.41, 5.74) is 0. The van der Waals surface area contributed by atoms with E-state index in [9.17, 15) is 4.79 Å². The van der Waals surface area contributed by atoms with Crippen molar-refractivity contribution < 1.29 is 4.79 Å². The fraction of sp³-hybridized carbons (Fsp3) is 0.800. The Kier molecular flexibility index (Phi) is 1.01. The minimum Gasteiger partial charge on any atom is -0.341 e. The SMILES string of the molecule is CN1CC(=O)NC2SC21. The first-order valence-electron chi connectivity index (χ1n) is 2.92. The molecule has 2 fully saturated rings. The highest BCUT2D eigenvalue weighted by atomic mass is 32.2. The summed E-state index contributed by atoms with van der Waals surface area (Å²) in [4.78, 5) is 12.8. The zero-order chi connectivity index (χ0) is 6.43. The Morgan fingerprint density at radius 3 is 3.33 bits per heavy atom. The number of fused-ring (bicyclic) bond motifs is 1. The van der Waals surface area contributed by atoms with Crippen LogP contribution in [0, 0.1) is 0 Å². The van der Waals surface area contributed by atoms with Gasteiger partial charge in [-0.15, -0.1) is 11.8 Å². The second-order valence-electron chi connectivity index (χ2n) is 2.43. The number of nitrogens with zero attached hydrogens (tertiary/aromatic N) is 1. The van der Waals surface area contributed by atoms with Crippen molar-refractivity contribution in [2.45, 2.75) is 10.7 Å². The van der Waals surface area contributed by atoms with Crippen LogP contribution in [0.15, 0.2) is 0 Å². The van der Waals surface area contributed by atoms with Gasteiger partial charge in [-0.05, 0) is 7.05 Å². The van der Waals surface area contributed by atoms with Crippen LogP contribution < -0.4 is 5.32 Å². The third-order valence-electron chi connectivity index (χ3n) is 1.60. The van der Waals surface area contributed by atoms with Crippen LogP contribution in [0.3, 0.4) is 0 Å². The van der Waals surface area contributed by atoms with Crippen molar-refractivity contribution in [1.29, 1.82) is 0 Å². The van der Waals surface area contributed by atoms with Crippen molar-refractivity contribution in [3.8, 4) is 0 Å². The van der Waals surface area contributed by atoms with Crippen molar-refractivity contribution >= 4 is 17.7 Å². The normalized spacial score (nSPS) is 41.7. The molecule has 0 saturated carbocycles. The molecule has 9 heavy (non-hydrogen) atoms. The topological polar surface area (TPSA) is 32.3 Å². The number of carbonyl (C=O) groups excluding carboxylic acids is 1. The summed E-state index contributed by atoms with van der Waals surface area (Å²) >= 11 is 1.80. The highest BCUT2D eigenvalue weighted by Gasteiger charge is 2.46. The summed E-state index contributed by atoms with van der Waals surface area (Å²) in [6, 6.07) is 0. The quantitative estimate of drug-likeness (QED) is 0.463. The number of rotatable bonds is 0. The van der Waals surface area contributed by atoms with Crippen molar-refractivity contribution in [2.24, 2.45) is 0 Å². The van der Waals surface area contributed by atoms with E-state index in [4.69, 9.17) is 0 Å². The molecular weight excluding hydrogens is 136 g/mol. The molecule has 0 bridgehead atoms. The fourth-order valence-electron chi connectivity index (χ4n) is 1.07. The van der Waals surface area contributed by atoms with Gasteiger partial charge in [0.05, 0.1) is 11.9 Å². The number of likely N-dealkylation sites (N-methyl/N-ethyl adjacent to an activating group) is 1. The van der Waals surface area contributed by atoms with Crippen LogP contribution in [0.5, 0.6) is 0 Å². The van der Waals surface area contributed by atoms with Gasteiger partial charge in [0.2, 0.25) is 5.91 Å². The van der Waals surface area contributed by atoms with E-state index in [2.05, 4.69) is 10.2 Å². The molecule has 2 aliphatic heterocycles. The molecule has 0 aromatic rings. The maximum absolute atomic E-state index is 10.7. The average Bonchev–Trinajstić information content (AvgIpc) is 2.43. The minimum absolute atomic E-state index is 0.156. The summed E-state index contributed by atoms with van der Waals surface area (Å²) in [7, 11) is 1.98. The van der Waals surface area contributed by atoms with Crippen LogP contribution in [-0.4, -0.2) is 35.1 Å². The lowest BCUT2D eigenvalue weighted by molar-refractivity contribution is -0.123. The van der Waals surface area contributed by atoms with Crippen LogP contribution in [0.2, 0.25) is 0 Å². The lowest BCUT2D eigenvalue weighted by Gasteiger charge is -2.19. The maximum Gasteiger partial charge on any atom is 0.235 e. The largest absolute Gasteiger partial charge is 0.341 e. The zero-order valence-corrected chi connectivity index (χ0v) is 5.94. The van der Waals surface area contributed by atoms with E-state index in [1.807, 2.05) is 7.05 Å². The van der Waals surface area contributed by atoms with Gasteiger partial charge in [0.15, 0.2) is 0 Å². The Morgan fingerprint density at radius 2 is 2.67 bits per heavy atom. The number of hydrogen-bond acceptors (Lipinski definition) is 3. The molecule has 2 heterocycles. The smallest absolute Gasteiger partial charge is 0.235 e. The first-order valence-corrected chi connectivity index (χ1v) is 3.87. The molecule has 1 amide bonds. The standard InChI is InChI=1S/C5H8N2OS/c1-7-2-3(8)6-4-5(7)9-4/h4-5H,2H2,1H3,(H,6,8). The van der Waals surface area contributed by atoms with Gasteiger partial charge in [0.1, 0.15) is 5.37 Å². The molecule has 50 valence electrons. The molecule has 0 radical (unpaired) electrons. The van der Waals surface area contributed by atoms with Crippen LogP contribution >= 0.6 is 11.8 Å². The van der Waals surface area contributed by atoms with Crippen molar-refractivity contribution in [3.63, 3.8) is 0 Å². The number of carbonyl (C=O) groups is 1. The third-order valence-corrected chi connectivity index (χ3v) is 2.86. The van der Waals surface area contributed by atoms with E-state index in [0.29, 0.717) is 17.3 Å². The van der Waals surface area contributed by atoms with E-state index in [1.54, 1.807) is 11.8 Å². The molecule has 0 aliphatic carbocycles. The summed E-state index contributed by atoms with van der Waals surface area (Å²) in [6.07, 6.45) is 0. The van der Waals surface area contributed by atoms with Gasteiger partial charge in [-0.1, -0.05) is 0 Å². The van der Waals surface area contributed by atoms with E-state index in [-0.39, 0.29) is 5.91 Å². The number of thioether (sulfide) groups is 1. The highest BCUT2D eigenvalue weighted by molar-refractivity contribution is 8.07. The second-order valence-corrected chi connectivity index (χ2v) is 3.69. The van der Waals surface area contributed by atoms with Crippen LogP contribution in [0.4, 0.5) is 0 Å². The van der Waals surface area contributed by atoms with Crippen molar-refractivity contribution in [2.75, 3.05) is 13.6 Å². The van der Waals surface area contributed by atoms with Gasteiger partial charge in [-0.2, -0.15) is 0 Å². The molecule has 2 atom stereocenters. The predicted octanol–water partition coefficient (Wildman–Crippen LogP) is -0.553. The Morgan fingerprint density at radius 1 is 1.89 bits per heavy atom. The van der Waals surface area contributed by atoms with E-state index >= 15 is 0 Å². The monoisotopic (exact) mass is 144 g/mol. The van der Waals surface area contributed by atoms with Gasteiger partial charge >= 0.3 is 0 Å². The van der Waals surface area contributed by atoms with E-state index in [1.165, 1.54) is 0 Å². The Balaban J connectivity index is 2.07. The number of hydrogen-bond donors (Lipinski definition) is 1. The van der Waals surface area contributed by atoms with Crippen LogP contribution in [-0.2, 0) is 4.79 Å². The van der Waals surface area contributed by atoms with E-state index in [0.717, 1.165) is 0 Å². The molecule has 4 heteroatoms. The Hall–Kier alpha value is -0.220. The Bertz CT molecular complexity index is 161. The molecular formula is C5H8N2OS. The third kappa shape index (κ3) is 0.822. The predicted molar refractivity (Wildman–Crippen MR) is 35.9 cm³/mol. The van der Waals surface area contributed by atoms with Gasteiger partial charge in [-0.25, -0.2) is 0 Å². The molecule has 0 aromatic carbocycles.